The number of fused-ring (bicyclic) bond motifs is 1. The van der Waals surface area contributed by atoms with E-state index in [1.165, 1.54) is 0 Å². The van der Waals surface area contributed by atoms with E-state index in [9.17, 15) is 9.59 Å². The Morgan fingerprint density at radius 2 is 1.73 bits per heavy atom. The molecule has 6 heteroatoms. The zero-order valence-electron chi connectivity index (χ0n) is 16.9. The number of rotatable bonds is 4. The van der Waals surface area contributed by atoms with Crippen LogP contribution in [0.4, 0.5) is 5.69 Å². The van der Waals surface area contributed by atoms with Gasteiger partial charge in [0.25, 0.3) is 11.7 Å². The normalized spacial score (nSPS) is 20.4. The summed E-state index contributed by atoms with van der Waals surface area (Å²) in [5.74, 6) is 0.670. The zero-order valence-corrected chi connectivity index (χ0v) is 16.9. The fourth-order valence-electron chi connectivity index (χ4n) is 4.71. The van der Waals surface area contributed by atoms with Gasteiger partial charge < -0.3 is 19.7 Å². The van der Waals surface area contributed by atoms with Crippen molar-refractivity contribution in [3.8, 4) is 11.5 Å². The number of anilines is 1. The minimum absolute atomic E-state index is 0.0270. The molecule has 0 radical (unpaired) electrons. The summed E-state index contributed by atoms with van der Waals surface area (Å²) in [5.41, 5.74) is 1.46. The lowest BCUT2D eigenvalue weighted by Gasteiger charge is -2.34. The molecule has 2 heterocycles. The van der Waals surface area contributed by atoms with Crippen molar-refractivity contribution in [1.82, 2.24) is 4.90 Å². The molecule has 2 aromatic carbocycles. The maximum Gasteiger partial charge on any atom is 0.251 e. The van der Waals surface area contributed by atoms with E-state index in [0.717, 1.165) is 49.8 Å². The number of amides is 2. The van der Waals surface area contributed by atoms with Crippen LogP contribution in [0.3, 0.4) is 0 Å². The first-order valence-electron chi connectivity index (χ1n) is 10.8. The Hall–Kier alpha value is -3.02. The largest absolute Gasteiger partial charge is 0.448 e. The van der Waals surface area contributed by atoms with E-state index in [4.69, 9.17) is 9.47 Å². The molecular formula is C24H26N2O4. The Bertz CT molecular complexity index is 953. The van der Waals surface area contributed by atoms with Gasteiger partial charge in [0, 0.05) is 37.6 Å². The maximum absolute atomic E-state index is 13.3. The van der Waals surface area contributed by atoms with Crippen molar-refractivity contribution in [3.05, 3.63) is 54.1 Å². The fourth-order valence-corrected chi connectivity index (χ4v) is 4.71. The number of hydrogen-bond acceptors (Lipinski definition) is 4. The highest BCUT2D eigenvalue weighted by Gasteiger charge is 2.44. The predicted molar refractivity (Wildman–Crippen MR) is 112 cm³/mol. The summed E-state index contributed by atoms with van der Waals surface area (Å²) in [5, 5.41) is 3.00. The average Bonchev–Trinajstić information content (AvgIpc) is 3.36. The van der Waals surface area contributed by atoms with Crippen molar-refractivity contribution >= 4 is 17.5 Å². The van der Waals surface area contributed by atoms with Gasteiger partial charge in [0.1, 0.15) is 6.04 Å². The van der Waals surface area contributed by atoms with Crippen molar-refractivity contribution in [1.29, 1.82) is 0 Å². The third-order valence-corrected chi connectivity index (χ3v) is 6.20. The Labute approximate surface area is 176 Å². The van der Waals surface area contributed by atoms with Crippen LogP contribution >= 0.6 is 0 Å². The molecule has 156 valence electrons. The topological polar surface area (TPSA) is 67.9 Å². The molecule has 2 fully saturated rings. The van der Waals surface area contributed by atoms with Crippen LogP contribution in [-0.2, 0) is 9.59 Å². The van der Waals surface area contributed by atoms with Crippen LogP contribution in [0.25, 0.3) is 0 Å². The lowest BCUT2D eigenvalue weighted by Crippen LogP contribution is -2.43. The molecule has 1 saturated carbocycles. The summed E-state index contributed by atoms with van der Waals surface area (Å²) >= 11 is 0. The molecule has 0 bridgehead atoms. The minimum Gasteiger partial charge on any atom is -0.448 e. The number of carbonyl (C=O) groups excluding carboxylic acids is 2. The first-order chi connectivity index (χ1) is 14.6. The van der Waals surface area contributed by atoms with Crippen LogP contribution in [0.1, 0.15) is 56.6 Å². The smallest absolute Gasteiger partial charge is 0.251 e. The van der Waals surface area contributed by atoms with Gasteiger partial charge in [-0.25, -0.2) is 0 Å². The number of nitrogens with one attached hydrogen (secondary N) is 1. The summed E-state index contributed by atoms with van der Waals surface area (Å²) in [6.45, 7) is 0.593. The number of hydrogen-bond donors (Lipinski definition) is 1. The molecule has 6 nitrogen and oxygen atoms in total. The second-order valence-corrected chi connectivity index (χ2v) is 8.33. The van der Waals surface area contributed by atoms with Gasteiger partial charge in [0.15, 0.2) is 11.5 Å². The highest BCUT2D eigenvalue weighted by atomic mass is 16.7. The molecule has 2 aliphatic heterocycles. The molecule has 0 aromatic heterocycles. The molecule has 1 spiro atoms. The first-order valence-corrected chi connectivity index (χ1v) is 10.8. The summed E-state index contributed by atoms with van der Waals surface area (Å²) < 4.78 is 12.2. The van der Waals surface area contributed by atoms with E-state index in [1.807, 2.05) is 48.5 Å². The third kappa shape index (κ3) is 3.51. The number of nitrogens with zero attached hydrogens (tertiary/aromatic N) is 1. The van der Waals surface area contributed by atoms with Gasteiger partial charge in [0.2, 0.25) is 5.91 Å². The Morgan fingerprint density at radius 3 is 2.50 bits per heavy atom. The summed E-state index contributed by atoms with van der Waals surface area (Å²) in [6.07, 6.45) is 6.24. The summed E-state index contributed by atoms with van der Waals surface area (Å²) in [7, 11) is 0. The SMILES string of the molecule is O=C(Nc1ccc2c(c1)OC1(CCCC1)O2)C(c1ccccc1)N1CCCCC1=O. The molecule has 2 aromatic rings. The Balaban J connectivity index is 1.38. The van der Waals surface area contributed by atoms with Crippen LogP contribution in [-0.4, -0.2) is 29.0 Å². The second kappa shape index (κ2) is 7.67. The number of carbonyl (C=O) groups is 2. The maximum atomic E-state index is 13.3. The standard InChI is InChI=1S/C24H26N2O4/c27-21-10-4-7-15-26(21)22(17-8-2-1-3-9-17)23(28)25-18-11-12-19-20(16-18)30-24(29-19)13-5-6-14-24/h1-3,8-9,11-12,16,22H,4-7,10,13-15H2,(H,25,28). The van der Waals surface area contributed by atoms with Crippen LogP contribution in [0.2, 0.25) is 0 Å². The van der Waals surface area contributed by atoms with Crippen LogP contribution in [0.15, 0.2) is 48.5 Å². The van der Waals surface area contributed by atoms with Gasteiger partial charge in [-0.2, -0.15) is 0 Å². The van der Waals surface area contributed by atoms with Crippen molar-refractivity contribution in [2.24, 2.45) is 0 Å². The molecule has 1 saturated heterocycles. The molecule has 2 amide bonds. The van der Waals surface area contributed by atoms with E-state index in [0.29, 0.717) is 24.4 Å². The first kappa shape index (κ1) is 19.0. The van der Waals surface area contributed by atoms with Crippen LogP contribution < -0.4 is 14.8 Å². The van der Waals surface area contributed by atoms with Gasteiger partial charge in [-0.1, -0.05) is 30.3 Å². The highest BCUT2D eigenvalue weighted by Crippen LogP contribution is 2.47. The predicted octanol–water partition coefficient (Wildman–Crippen LogP) is 4.42. The second-order valence-electron chi connectivity index (χ2n) is 8.33. The third-order valence-electron chi connectivity index (χ3n) is 6.20. The van der Waals surface area contributed by atoms with Crippen molar-refractivity contribution < 1.29 is 19.1 Å². The van der Waals surface area contributed by atoms with Gasteiger partial charge in [-0.3, -0.25) is 9.59 Å². The van der Waals surface area contributed by atoms with Gasteiger partial charge >= 0.3 is 0 Å². The van der Waals surface area contributed by atoms with Crippen LogP contribution in [0, 0.1) is 0 Å². The monoisotopic (exact) mass is 406 g/mol. The molecule has 1 unspecified atom stereocenters. The molecule has 1 atom stereocenters. The number of piperidine rings is 1. The molecule has 1 N–H and O–H groups in total. The Morgan fingerprint density at radius 1 is 0.967 bits per heavy atom. The van der Waals surface area contributed by atoms with Gasteiger partial charge in [0.05, 0.1) is 0 Å². The number of benzene rings is 2. The molecule has 3 aliphatic rings. The number of likely N-dealkylation sites (tertiary alicyclic amines) is 1. The lowest BCUT2D eigenvalue weighted by atomic mass is 10.0. The van der Waals surface area contributed by atoms with Crippen molar-refractivity contribution in [3.63, 3.8) is 0 Å². The Kier molecular flexibility index (Phi) is 4.85. The molecule has 5 rings (SSSR count). The summed E-state index contributed by atoms with van der Waals surface area (Å²) in [4.78, 5) is 27.6. The van der Waals surface area contributed by atoms with E-state index in [2.05, 4.69) is 5.32 Å². The summed E-state index contributed by atoms with van der Waals surface area (Å²) in [6, 6.07) is 14.3. The van der Waals surface area contributed by atoms with E-state index in [1.54, 1.807) is 4.90 Å². The van der Waals surface area contributed by atoms with Crippen molar-refractivity contribution in [2.75, 3.05) is 11.9 Å². The van der Waals surface area contributed by atoms with E-state index in [-0.39, 0.29) is 11.8 Å². The van der Waals surface area contributed by atoms with Gasteiger partial charge in [-0.05, 0) is 43.4 Å². The van der Waals surface area contributed by atoms with E-state index >= 15 is 0 Å². The number of ether oxygens (including phenoxy) is 2. The lowest BCUT2D eigenvalue weighted by molar-refractivity contribution is -0.141. The quantitative estimate of drug-likeness (QED) is 0.816. The highest BCUT2D eigenvalue weighted by molar-refractivity contribution is 5.98. The van der Waals surface area contributed by atoms with Crippen molar-refractivity contribution in [2.45, 2.75) is 56.8 Å². The van der Waals surface area contributed by atoms with Gasteiger partial charge in [-0.15, -0.1) is 0 Å². The fraction of sp³-hybridized carbons (Fsp3) is 0.417. The minimum atomic E-state index is -0.648. The van der Waals surface area contributed by atoms with E-state index < -0.39 is 11.8 Å². The van der Waals surface area contributed by atoms with Crippen LogP contribution in [0.5, 0.6) is 11.5 Å². The molecular weight excluding hydrogens is 380 g/mol. The molecule has 1 aliphatic carbocycles. The average molecular weight is 406 g/mol. The zero-order chi connectivity index (χ0) is 20.6. The molecule has 30 heavy (non-hydrogen) atoms.